The summed E-state index contributed by atoms with van der Waals surface area (Å²) in [6, 6.07) is 7.75. The van der Waals surface area contributed by atoms with Gasteiger partial charge in [0.05, 0.1) is 12.7 Å². The molecule has 0 aromatic heterocycles. The van der Waals surface area contributed by atoms with Gasteiger partial charge in [-0.25, -0.2) is 0 Å². The topological polar surface area (TPSA) is 59.1 Å². The molecule has 1 saturated carbocycles. The number of benzene rings is 1. The van der Waals surface area contributed by atoms with E-state index >= 15 is 0 Å². The number of ether oxygens (including phenoxy) is 1. The standard InChI is InChI=1S/C16H24N2O/c1-11-7-8-14(9-12(11)2)19-10-13-5-3-4-6-15(13)16(17)18/h3-6,11-12,14H,7-10H2,1-2H3,(H3,17,18). The second kappa shape index (κ2) is 6.20. The van der Waals surface area contributed by atoms with Gasteiger partial charge in [0.15, 0.2) is 0 Å². The number of hydrogen-bond acceptors (Lipinski definition) is 2. The monoisotopic (exact) mass is 260 g/mol. The van der Waals surface area contributed by atoms with Crippen LogP contribution in [0.15, 0.2) is 24.3 Å². The molecule has 3 nitrogen and oxygen atoms in total. The van der Waals surface area contributed by atoms with Crippen LogP contribution in [-0.4, -0.2) is 11.9 Å². The molecule has 1 aliphatic carbocycles. The largest absolute Gasteiger partial charge is 0.384 e. The number of nitrogens with two attached hydrogens (primary N) is 1. The number of nitrogen functional groups attached to an aromatic ring is 1. The van der Waals surface area contributed by atoms with Gasteiger partial charge < -0.3 is 10.5 Å². The fourth-order valence-corrected chi connectivity index (χ4v) is 2.77. The van der Waals surface area contributed by atoms with Crippen LogP contribution in [0.5, 0.6) is 0 Å². The third-order valence-electron chi connectivity index (χ3n) is 4.33. The molecular formula is C16H24N2O. The molecule has 2 rings (SSSR count). The lowest BCUT2D eigenvalue weighted by Gasteiger charge is -2.32. The summed E-state index contributed by atoms with van der Waals surface area (Å²) in [4.78, 5) is 0. The Labute approximate surface area is 115 Å². The van der Waals surface area contributed by atoms with E-state index in [9.17, 15) is 0 Å². The van der Waals surface area contributed by atoms with Crippen LogP contribution in [0.1, 0.15) is 44.2 Å². The molecule has 3 N–H and O–H groups in total. The van der Waals surface area contributed by atoms with E-state index in [1.54, 1.807) is 0 Å². The van der Waals surface area contributed by atoms with E-state index in [1.807, 2.05) is 24.3 Å². The number of nitrogens with one attached hydrogen (secondary N) is 1. The van der Waals surface area contributed by atoms with Gasteiger partial charge in [-0.05, 0) is 36.7 Å². The molecule has 3 unspecified atom stereocenters. The van der Waals surface area contributed by atoms with Crippen molar-refractivity contribution in [3.63, 3.8) is 0 Å². The fourth-order valence-electron chi connectivity index (χ4n) is 2.77. The maximum atomic E-state index is 7.58. The Bertz CT molecular complexity index is 444. The van der Waals surface area contributed by atoms with Gasteiger partial charge in [-0.15, -0.1) is 0 Å². The minimum Gasteiger partial charge on any atom is -0.384 e. The number of rotatable bonds is 4. The van der Waals surface area contributed by atoms with E-state index in [-0.39, 0.29) is 5.84 Å². The summed E-state index contributed by atoms with van der Waals surface area (Å²) in [7, 11) is 0. The van der Waals surface area contributed by atoms with E-state index in [4.69, 9.17) is 15.9 Å². The van der Waals surface area contributed by atoms with Crippen molar-refractivity contribution >= 4 is 5.84 Å². The van der Waals surface area contributed by atoms with Crippen molar-refractivity contribution in [3.05, 3.63) is 35.4 Å². The molecule has 0 radical (unpaired) electrons. The maximum absolute atomic E-state index is 7.58. The highest BCUT2D eigenvalue weighted by Gasteiger charge is 2.25. The van der Waals surface area contributed by atoms with Crippen molar-refractivity contribution in [2.75, 3.05) is 0 Å². The summed E-state index contributed by atoms with van der Waals surface area (Å²) < 4.78 is 6.03. The molecule has 0 bridgehead atoms. The van der Waals surface area contributed by atoms with Gasteiger partial charge in [0, 0.05) is 5.56 Å². The average Bonchev–Trinajstić information content (AvgIpc) is 2.40. The second-order valence-corrected chi connectivity index (χ2v) is 5.77. The lowest BCUT2D eigenvalue weighted by atomic mass is 9.80. The van der Waals surface area contributed by atoms with Crippen LogP contribution in [0.2, 0.25) is 0 Å². The molecule has 19 heavy (non-hydrogen) atoms. The van der Waals surface area contributed by atoms with Crippen molar-refractivity contribution in [2.45, 2.75) is 45.8 Å². The van der Waals surface area contributed by atoms with Crippen molar-refractivity contribution < 1.29 is 4.74 Å². The van der Waals surface area contributed by atoms with E-state index in [0.29, 0.717) is 12.7 Å². The lowest BCUT2D eigenvalue weighted by Crippen LogP contribution is -2.27. The molecule has 1 aliphatic rings. The summed E-state index contributed by atoms with van der Waals surface area (Å²) in [6.45, 7) is 5.19. The third-order valence-corrected chi connectivity index (χ3v) is 4.33. The summed E-state index contributed by atoms with van der Waals surface area (Å²) >= 11 is 0. The Balaban J connectivity index is 1.94. The molecule has 1 aromatic carbocycles. The van der Waals surface area contributed by atoms with E-state index in [1.165, 1.54) is 6.42 Å². The maximum Gasteiger partial charge on any atom is 0.123 e. The summed E-state index contributed by atoms with van der Waals surface area (Å²) in [6.07, 6.45) is 3.89. The van der Waals surface area contributed by atoms with E-state index < -0.39 is 0 Å². The van der Waals surface area contributed by atoms with Crippen LogP contribution >= 0.6 is 0 Å². The van der Waals surface area contributed by atoms with E-state index in [0.717, 1.165) is 35.8 Å². The first kappa shape index (κ1) is 14.1. The number of amidine groups is 1. The molecule has 3 heteroatoms. The second-order valence-electron chi connectivity index (χ2n) is 5.77. The molecule has 0 amide bonds. The van der Waals surface area contributed by atoms with Crippen LogP contribution in [0.3, 0.4) is 0 Å². The first-order valence-electron chi connectivity index (χ1n) is 7.11. The predicted octanol–water partition coefficient (Wildman–Crippen LogP) is 3.31. The average molecular weight is 260 g/mol. The Morgan fingerprint density at radius 1 is 1.26 bits per heavy atom. The zero-order valence-corrected chi connectivity index (χ0v) is 11.9. The molecular weight excluding hydrogens is 236 g/mol. The highest BCUT2D eigenvalue weighted by Crippen LogP contribution is 2.31. The van der Waals surface area contributed by atoms with Gasteiger partial charge in [-0.3, -0.25) is 5.41 Å². The molecule has 0 heterocycles. The van der Waals surface area contributed by atoms with Gasteiger partial charge in [-0.2, -0.15) is 0 Å². The van der Waals surface area contributed by atoms with Crippen molar-refractivity contribution in [3.8, 4) is 0 Å². The normalized spacial score (nSPS) is 27.2. The smallest absolute Gasteiger partial charge is 0.123 e. The van der Waals surface area contributed by atoms with Crippen LogP contribution < -0.4 is 5.73 Å². The molecule has 1 aromatic rings. The Morgan fingerprint density at radius 2 is 2.00 bits per heavy atom. The third kappa shape index (κ3) is 3.57. The summed E-state index contributed by atoms with van der Waals surface area (Å²) in [5.74, 6) is 1.66. The van der Waals surface area contributed by atoms with Gasteiger partial charge >= 0.3 is 0 Å². The van der Waals surface area contributed by atoms with Gasteiger partial charge in [0.2, 0.25) is 0 Å². The minimum absolute atomic E-state index is 0.116. The van der Waals surface area contributed by atoms with Crippen LogP contribution in [0.25, 0.3) is 0 Å². The first-order valence-corrected chi connectivity index (χ1v) is 7.11. The van der Waals surface area contributed by atoms with Crippen molar-refractivity contribution in [2.24, 2.45) is 17.6 Å². The molecule has 0 spiro atoms. The highest BCUT2D eigenvalue weighted by molar-refractivity contribution is 5.96. The minimum atomic E-state index is 0.116. The molecule has 3 atom stereocenters. The zero-order chi connectivity index (χ0) is 13.8. The SMILES string of the molecule is CC1CCC(OCc2ccccc2C(=N)N)CC1C. The van der Waals surface area contributed by atoms with Crippen LogP contribution in [0, 0.1) is 17.2 Å². The fraction of sp³-hybridized carbons (Fsp3) is 0.562. The van der Waals surface area contributed by atoms with Crippen molar-refractivity contribution in [1.29, 1.82) is 5.41 Å². The van der Waals surface area contributed by atoms with E-state index in [2.05, 4.69) is 13.8 Å². The predicted molar refractivity (Wildman–Crippen MR) is 78.2 cm³/mol. The van der Waals surface area contributed by atoms with Gasteiger partial charge in [0.25, 0.3) is 0 Å². The molecule has 0 aliphatic heterocycles. The molecule has 104 valence electrons. The quantitative estimate of drug-likeness (QED) is 0.644. The van der Waals surface area contributed by atoms with Crippen molar-refractivity contribution in [1.82, 2.24) is 0 Å². The molecule has 1 fully saturated rings. The van der Waals surface area contributed by atoms with Gasteiger partial charge in [-0.1, -0.05) is 38.1 Å². The summed E-state index contributed by atoms with van der Waals surface area (Å²) in [5.41, 5.74) is 7.40. The van der Waals surface area contributed by atoms with Crippen LogP contribution in [0.4, 0.5) is 0 Å². The zero-order valence-electron chi connectivity index (χ0n) is 11.9. The highest BCUT2D eigenvalue weighted by atomic mass is 16.5. The van der Waals surface area contributed by atoms with Gasteiger partial charge in [0.1, 0.15) is 5.84 Å². The summed E-state index contributed by atoms with van der Waals surface area (Å²) in [5, 5.41) is 7.58. The van der Waals surface area contributed by atoms with Crippen LogP contribution in [-0.2, 0) is 11.3 Å². The first-order chi connectivity index (χ1) is 9.08. The Hall–Kier alpha value is -1.35. The lowest BCUT2D eigenvalue weighted by molar-refractivity contribution is -0.00750. The Kier molecular flexibility index (Phi) is 4.59. The number of hydrogen-bond donors (Lipinski definition) is 2. The molecule has 0 saturated heterocycles. The Morgan fingerprint density at radius 3 is 2.68 bits per heavy atom.